The number of phenols is 1. The summed E-state index contributed by atoms with van der Waals surface area (Å²) in [7, 11) is 0. The molecule has 3 N–H and O–H groups in total. The largest absolute Gasteiger partial charge is 0.508 e. The lowest BCUT2D eigenvalue weighted by Gasteiger charge is -2.15. The molecule has 5 heteroatoms. The van der Waals surface area contributed by atoms with Gasteiger partial charge in [0.15, 0.2) is 0 Å². The summed E-state index contributed by atoms with van der Waals surface area (Å²) in [6.07, 6.45) is 6.77. The van der Waals surface area contributed by atoms with Crippen molar-refractivity contribution in [3.05, 3.63) is 50.7 Å². The summed E-state index contributed by atoms with van der Waals surface area (Å²) < 4.78 is 0. The van der Waals surface area contributed by atoms with E-state index in [1.807, 2.05) is 17.4 Å². The van der Waals surface area contributed by atoms with Crippen LogP contribution in [0.2, 0.25) is 0 Å². The summed E-state index contributed by atoms with van der Waals surface area (Å²) in [6, 6.07) is 7.52. The maximum Gasteiger partial charge on any atom is 0.315 e. The molecule has 2 aliphatic carbocycles. The molecule has 1 aromatic carbocycles. The molecule has 1 atom stereocenters. The second-order valence-electron chi connectivity index (χ2n) is 6.67. The lowest BCUT2D eigenvalue weighted by molar-refractivity contribution is 0.236. The monoisotopic (exact) mass is 342 g/mol. The highest BCUT2D eigenvalue weighted by molar-refractivity contribution is 7.12. The fraction of sp³-hybridized carbons (Fsp3) is 0.421. The van der Waals surface area contributed by atoms with Crippen LogP contribution < -0.4 is 10.6 Å². The molecule has 0 radical (unpaired) electrons. The number of amides is 2. The molecule has 0 aliphatic heterocycles. The minimum atomic E-state index is -0.137. The van der Waals surface area contributed by atoms with Gasteiger partial charge in [0.1, 0.15) is 5.75 Å². The summed E-state index contributed by atoms with van der Waals surface area (Å²) in [5, 5.41) is 15.7. The highest BCUT2D eigenvalue weighted by atomic mass is 32.1. The van der Waals surface area contributed by atoms with Crippen LogP contribution in [0, 0.1) is 0 Å². The lowest BCUT2D eigenvalue weighted by Crippen LogP contribution is -2.36. The van der Waals surface area contributed by atoms with E-state index in [2.05, 4.69) is 16.7 Å². The predicted octanol–water partition coefficient (Wildman–Crippen LogP) is 3.82. The second-order valence-corrected chi connectivity index (χ2v) is 7.89. The normalized spacial score (nSPS) is 18.8. The van der Waals surface area contributed by atoms with Gasteiger partial charge in [0.05, 0.1) is 12.6 Å². The van der Waals surface area contributed by atoms with E-state index in [1.165, 1.54) is 46.6 Å². The third-order valence-corrected chi connectivity index (χ3v) is 6.22. The van der Waals surface area contributed by atoms with Gasteiger partial charge in [-0.2, -0.15) is 0 Å². The molecule has 4 rings (SSSR count). The van der Waals surface area contributed by atoms with Crippen LogP contribution in [0.5, 0.6) is 5.75 Å². The number of carbonyl (C=O) groups excluding carboxylic acids is 1. The van der Waals surface area contributed by atoms with Gasteiger partial charge in [-0.3, -0.25) is 0 Å². The molecule has 2 aromatic rings. The van der Waals surface area contributed by atoms with Crippen LogP contribution in [0.3, 0.4) is 0 Å². The van der Waals surface area contributed by atoms with E-state index in [0.29, 0.717) is 6.54 Å². The first-order chi connectivity index (χ1) is 11.7. The molecule has 1 heterocycles. The van der Waals surface area contributed by atoms with Gasteiger partial charge in [-0.25, -0.2) is 4.79 Å². The average Bonchev–Trinajstić information content (AvgIpc) is 3.17. The van der Waals surface area contributed by atoms with Gasteiger partial charge in [0.2, 0.25) is 0 Å². The number of fused-ring (bicyclic) bond motifs is 2. The van der Waals surface area contributed by atoms with Crippen molar-refractivity contribution in [2.45, 2.75) is 51.1 Å². The smallest absolute Gasteiger partial charge is 0.315 e. The number of aromatic hydroxyl groups is 1. The Kier molecular flexibility index (Phi) is 4.19. The van der Waals surface area contributed by atoms with Crippen LogP contribution in [0.15, 0.2) is 24.3 Å². The highest BCUT2D eigenvalue weighted by Crippen LogP contribution is 2.33. The molecule has 1 unspecified atom stereocenters. The molecule has 2 amide bonds. The van der Waals surface area contributed by atoms with E-state index in [1.54, 1.807) is 12.1 Å². The number of rotatable bonds is 3. The first-order valence-electron chi connectivity index (χ1n) is 8.65. The fourth-order valence-corrected chi connectivity index (χ4v) is 4.96. The van der Waals surface area contributed by atoms with Crippen molar-refractivity contribution in [1.29, 1.82) is 0 Å². The van der Waals surface area contributed by atoms with E-state index in [0.717, 1.165) is 18.4 Å². The predicted molar refractivity (Wildman–Crippen MR) is 95.5 cm³/mol. The first kappa shape index (κ1) is 15.5. The Morgan fingerprint density at radius 2 is 2.04 bits per heavy atom. The summed E-state index contributed by atoms with van der Waals surface area (Å²) >= 11 is 1.84. The summed E-state index contributed by atoms with van der Waals surface area (Å²) in [4.78, 5) is 15.0. The first-order valence-corrected chi connectivity index (χ1v) is 9.47. The Balaban J connectivity index is 1.35. The number of thiophene rings is 1. The van der Waals surface area contributed by atoms with E-state index >= 15 is 0 Å². The van der Waals surface area contributed by atoms with Crippen LogP contribution in [0.25, 0.3) is 0 Å². The van der Waals surface area contributed by atoms with Gasteiger partial charge in [-0.15, -0.1) is 11.3 Å². The number of urea groups is 1. The van der Waals surface area contributed by atoms with Crippen molar-refractivity contribution >= 4 is 17.4 Å². The molecule has 24 heavy (non-hydrogen) atoms. The van der Waals surface area contributed by atoms with Crippen molar-refractivity contribution in [3.8, 4) is 5.75 Å². The molecule has 0 saturated carbocycles. The van der Waals surface area contributed by atoms with Crippen molar-refractivity contribution in [2.24, 2.45) is 0 Å². The van der Waals surface area contributed by atoms with E-state index in [4.69, 9.17) is 0 Å². The van der Waals surface area contributed by atoms with Gasteiger partial charge < -0.3 is 15.7 Å². The average molecular weight is 342 g/mol. The SMILES string of the molecule is O=C(NCc1cc2c(s1)CCCC2)NC1CCc2ccc(O)cc21. The number of nitrogens with one attached hydrogen (secondary N) is 2. The minimum absolute atomic E-state index is 0.0105. The fourth-order valence-electron chi connectivity index (χ4n) is 3.76. The van der Waals surface area contributed by atoms with Crippen LogP contribution in [0.4, 0.5) is 4.79 Å². The zero-order valence-corrected chi connectivity index (χ0v) is 14.4. The number of benzene rings is 1. The van der Waals surface area contributed by atoms with Gasteiger partial charge in [0.25, 0.3) is 0 Å². The van der Waals surface area contributed by atoms with Crippen molar-refractivity contribution in [3.63, 3.8) is 0 Å². The second kappa shape index (κ2) is 6.48. The zero-order chi connectivity index (χ0) is 16.5. The third kappa shape index (κ3) is 3.13. The molecule has 0 fully saturated rings. The molecule has 2 aliphatic rings. The van der Waals surface area contributed by atoms with Crippen molar-refractivity contribution in [1.82, 2.24) is 10.6 Å². The number of aryl methyl sites for hydroxylation is 3. The summed E-state index contributed by atoms with van der Waals surface area (Å²) in [5.74, 6) is 0.257. The maximum absolute atomic E-state index is 12.2. The molecule has 1 aromatic heterocycles. The van der Waals surface area contributed by atoms with Gasteiger partial charge in [0, 0.05) is 9.75 Å². The van der Waals surface area contributed by atoms with Crippen LogP contribution in [0.1, 0.15) is 51.7 Å². The van der Waals surface area contributed by atoms with Gasteiger partial charge >= 0.3 is 6.03 Å². The van der Waals surface area contributed by atoms with Gasteiger partial charge in [-0.1, -0.05) is 6.07 Å². The Hall–Kier alpha value is -2.01. The Bertz CT molecular complexity index is 745. The van der Waals surface area contributed by atoms with Crippen LogP contribution in [-0.4, -0.2) is 11.1 Å². The summed E-state index contributed by atoms with van der Waals surface area (Å²) in [6.45, 7) is 0.586. The summed E-state index contributed by atoms with van der Waals surface area (Å²) in [5.41, 5.74) is 3.73. The maximum atomic E-state index is 12.2. The molecular weight excluding hydrogens is 320 g/mol. The molecule has 4 nitrogen and oxygen atoms in total. The molecule has 126 valence electrons. The number of phenolic OH excluding ortho intramolecular Hbond substituents is 1. The topological polar surface area (TPSA) is 61.4 Å². The molecule has 0 bridgehead atoms. The van der Waals surface area contributed by atoms with Crippen LogP contribution in [-0.2, 0) is 25.8 Å². The zero-order valence-electron chi connectivity index (χ0n) is 13.6. The lowest BCUT2D eigenvalue weighted by atomic mass is 9.99. The molecular formula is C19H22N2O2S. The van der Waals surface area contributed by atoms with E-state index in [-0.39, 0.29) is 17.8 Å². The van der Waals surface area contributed by atoms with E-state index in [9.17, 15) is 9.90 Å². The standard InChI is InChI=1S/C19H22N2O2S/c22-14-7-5-12-6-8-17(16(12)10-14)21-19(23)20-11-15-9-13-3-1-2-4-18(13)24-15/h5,7,9-10,17,22H,1-4,6,8,11H2,(H2,20,21,23). The molecule has 0 saturated heterocycles. The Labute approximate surface area is 145 Å². The third-order valence-electron chi connectivity index (χ3n) is 4.98. The Morgan fingerprint density at radius 3 is 2.92 bits per heavy atom. The number of hydrogen-bond acceptors (Lipinski definition) is 3. The highest BCUT2D eigenvalue weighted by Gasteiger charge is 2.24. The minimum Gasteiger partial charge on any atom is -0.508 e. The quantitative estimate of drug-likeness (QED) is 0.794. The van der Waals surface area contributed by atoms with Crippen molar-refractivity contribution < 1.29 is 9.90 Å². The van der Waals surface area contributed by atoms with Crippen LogP contribution >= 0.6 is 11.3 Å². The van der Waals surface area contributed by atoms with Crippen molar-refractivity contribution in [2.75, 3.05) is 0 Å². The van der Waals surface area contributed by atoms with E-state index < -0.39 is 0 Å². The number of hydrogen-bond donors (Lipinski definition) is 3. The molecule has 0 spiro atoms. The Morgan fingerprint density at radius 1 is 1.17 bits per heavy atom. The van der Waals surface area contributed by atoms with Gasteiger partial charge in [-0.05, 0) is 73.4 Å². The number of carbonyl (C=O) groups is 1.